The van der Waals surface area contributed by atoms with Crippen molar-refractivity contribution in [1.29, 1.82) is 0 Å². The van der Waals surface area contributed by atoms with Gasteiger partial charge in [-0.25, -0.2) is 0 Å². The van der Waals surface area contributed by atoms with Crippen molar-refractivity contribution in [3.63, 3.8) is 0 Å². The number of alkyl halides is 3. The molecule has 13 heteroatoms. The van der Waals surface area contributed by atoms with Crippen molar-refractivity contribution in [3.05, 3.63) is 29.6 Å². The molecule has 0 radical (unpaired) electrons. The number of carboxylic acids is 1. The summed E-state index contributed by atoms with van der Waals surface area (Å²) < 4.78 is 47.9. The zero-order valence-electron chi connectivity index (χ0n) is 22.6. The molecule has 1 fully saturated rings. The molecule has 216 valence electrons. The van der Waals surface area contributed by atoms with Crippen LogP contribution in [0.4, 0.5) is 29.7 Å². The third kappa shape index (κ3) is 8.53. The summed E-state index contributed by atoms with van der Waals surface area (Å²) in [6, 6.07) is 5.64. The van der Waals surface area contributed by atoms with Crippen molar-refractivity contribution in [2.24, 2.45) is 5.92 Å². The quantitative estimate of drug-likeness (QED) is 0.350. The van der Waals surface area contributed by atoms with Crippen molar-refractivity contribution in [1.82, 2.24) is 14.3 Å². The van der Waals surface area contributed by atoms with E-state index >= 15 is 0 Å². The summed E-state index contributed by atoms with van der Waals surface area (Å²) in [5, 5.41) is 12.3. The Kier molecular flexibility index (Phi) is 10.5. The molecule has 9 nitrogen and oxygen atoms in total. The van der Waals surface area contributed by atoms with Crippen LogP contribution < -0.4 is 10.2 Å². The number of likely N-dealkylation sites (tertiary alicyclic amines) is 1. The van der Waals surface area contributed by atoms with Crippen molar-refractivity contribution in [2.45, 2.75) is 64.6 Å². The third-order valence-electron chi connectivity index (χ3n) is 6.64. The van der Waals surface area contributed by atoms with E-state index in [2.05, 4.69) is 33.4 Å². The lowest BCUT2D eigenvalue weighted by Crippen LogP contribution is -2.48. The minimum atomic E-state index is -4.66. The van der Waals surface area contributed by atoms with Gasteiger partial charge in [0.05, 0.1) is 30.8 Å². The standard InChI is InChI=1S/C26H36F3N5O4S/c1-16(2)15-34(19-7-10-33(11-8-19)22(35)9-12-38-4)21-6-5-18(17(3)13-23(36)37)14-20(21)30-25-31-24(32-39-25)26(27,28)29/h5-6,14,16-17,19H,7-13,15H2,1-4H3,(H,36,37)(H,30,31,32)/t17-/m1/s1. The zero-order valence-corrected chi connectivity index (χ0v) is 23.4. The topological polar surface area (TPSA) is 108 Å². The molecule has 1 aromatic heterocycles. The van der Waals surface area contributed by atoms with Crippen LogP contribution in [0.2, 0.25) is 0 Å². The fourth-order valence-corrected chi connectivity index (χ4v) is 5.31. The predicted molar refractivity (Wildman–Crippen MR) is 144 cm³/mol. The predicted octanol–water partition coefficient (Wildman–Crippen LogP) is 5.37. The second-order valence-electron chi connectivity index (χ2n) is 10.2. The Balaban J connectivity index is 1.93. The number of carboxylic acid groups (broad SMARTS) is 1. The van der Waals surface area contributed by atoms with Gasteiger partial charge < -0.3 is 25.0 Å². The summed E-state index contributed by atoms with van der Waals surface area (Å²) in [6.07, 6.45) is -2.93. The molecule has 39 heavy (non-hydrogen) atoms. The molecule has 2 heterocycles. The van der Waals surface area contributed by atoms with Gasteiger partial charge in [-0.1, -0.05) is 26.8 Å². The molecule has 0 unspecified atom stereocenters. The van der Waals surface area contributed by atoms with E-state index in [0.29, 0.717) is 49.9 Å². The first-order valence-corrected chi connectivity index (χ1v) is 13.7. The minimum Gasteiger partial charge on any atom is -0.481 e. The molecule has 1 amide bonds. The number of nitrogens with zero attached hydrogens (tertiary/aromatic N) is 4. The molecule has 3 rings (SSSR count). The molecule has 2 aromatic rings. The molecular weight excluding hydrogens is 535 g/mol. The molecule has 0 aliphatic carbocycles. The highest BCUT2D eigenvalue weighted by Gasteiger charge is 2.36. The van der Waals surface area contributed by atoms with Gasteiger partial charge in [0.1, 0.15) is 0 Å². The number of hydrogen-bond donors (Lipinski definition) is 2. The van der Waals surface area contributed by atoms with Gasteiger partial charge in [0, 0.05) is 44.3 Å². The lowest BCUT2D eigenvalue weighted by molar-refractivity contribution is -0.144. The molecular formula is C26H36F3N5O4S. The molecule has 1 saturated heterocycles. The second-order valence-corrected chi connectivity index (χ2v) is 11.0. The van der Waals surface area contributed by atoms with Crippen LogP contribution in [-0.4, -0.2) is 70.6 Å². The number of hydrogen-bond acceptors (Lipinski definition) is 8. The maximum atomic E-state index is 13.1. The molecule has 0 bridgehead atoms. The van der Waals surface area contributed by atoms with Crippen LogP contribution in [-0.2, 0) is 20.5 Å². The Labute approximate surface area is 230 Å². The summed E-state index contributed by atoms with van der Waals surface area (Å²) in [5.74, 6) is -2.12. The Bertz CT molecular complexity index is 1120. The summed E-state index contributed by atoms with van der Waals surface area (Å²) in [4.78, 5) is 31.5. The van der Waals surface area contributed by atoms with Crippen LogP contribution in [0.5, 0.6) is 0 Å². The number of carbonyl (C=O) groups is 2. The number of nitrogens with one attached hydrogen (secondary N) is 1. The van der Waals surface area contributed by atoms with Crippen LogP contribution in [0.1, 0.15) is 63.8 Å². The van der Waals surface area contributed by atoms with Crippen molar-refractivity contribution in [3.8, 4) is 0 Å². The van der Waals surface area contributed by atoms with Gasteiger partial charge in [-0.2, -0.15) is 22.5 Å². The fourth-order valence-electron chi connectivity index (χ4n) is 4.71. The average Bonchev–Trinajstić information content (AvgIpc) is 3.35. The average molecular weight is 572 g/mol. The monoisotopic (exact) mass is 571 g/mol. The Hall–Kier alpha value is -2.93. The van der Waals surface area contributed by atoms with E-state index in [0.717, 1.165) is 24.1 Å². The third-order valence-corrected chi connectivity index (χ3v) is 7.27. The van der Waals surface area contributed by atoms with Crippen LogP contribution in [0.15, 0.2) is 18.2 Å². The first-order chi connectivity index (χ1) is 18.4. The smallest absolute Gasteiger partial charge is 0.452 e. The first-order valence-electron chi connectivity index (χ1n) is 13.0. The summed E-state index contributed by atoms with van der Waals surface area (Å²) >= 11 is 0.617. The molecule has 1 aliphatic heterocycles. The van der Waals surface area contributed by atoms with E-state index in [9.17, 15) is 27.9 Å². The SMILES string of the molecule is COCCC(=O)N1CCC(N(CC(C)C)c2ccc([C@H](C)CC(=O)O)cc2Nc2nc(C(F)(F)F)ns2)CC1. The number of rotatable bonds is 12. The first kappa shape index (κ1) is 30.6. The van der Waals surface area contributed by atoms with Gasteiger partial charge >= 0.3 is 12.1 Å². The highest BCUT2D eigenvalue weighted by atomic mass is 32.1. The van der Waals surface area contributed by atoms with Gasteiger partial charge in [0.15, 0.2) is 0 Å². The minimum absolute atomic E-state index is 0.00494. The number of anilines is 3. The summed E-state index contributed by atoms with van der Waals surface area (Å²) in [5.41, 5.74) is 2.06. The lowest BCUT2D eigenvalue weighted by Gasteiger charge is -2.41. The Morgan fingerprint density at radius 2 is 1.95 bits per heavy atom. The van der Waals surface area contributed by atoms with Gasteiger partial charge in [0.2, 0.25) is 16.9 Å². The van der Waals surface area contributed by atoms with E-state index in [1.807, 2.05) is 17.0 Å². The van der Waals surface area contributed by atoms with E-state index in [1.165, 1.54) is 0 Å². The summed E-state index contributed by atoms with van der Waals surface area (Å²) in [6.45, 7) is 8.24. The van der Waals surface area contributed by atoms with E-state index in [-0.39, 0.29) is 35.3 Å². The highest BCUT2D eigenvalue weighted by molar-refractivity contribution is 7.09. The molecule has 2 N–H and O–H groups in total. The van der Waals surface area contributed by atoms with Crippen molar-refractivity contribution < 1.29 is 32.6 Å². The van der Waals surface area contributed by atoms with Gasteiger partial charge in [0.25, 0.3) is 0 Å². The number of ether oxygens (including phenoxy) is 1. The van der Waals surface area contributed by atoms with E-state index in [4.69, 9.17) is 4.74 Å². The molecule has 1 aromatic carbocycles. The van der Waals surface area contributed by atoms with Crippen molar-refractivity contribution in [2.75, 3.05) is 43.6 Å². The van der Waals surface area contributed by atoms with Crippen LogP contribution in [0.3, 0.4) is 0 Å². The van der Waals surface area contributed by atoms with Gasteiger partial charge in [-0.05, 0) is 42.4 Å². The molecule has 0 spiro atoms. The number of amides is 1. The van der Waals surface area contributed by atoms with E-state index < -0.39 is 18.0 Å². The Morgan fingerprint density at radius 1 is 1.26 bits per heavy atom. The molecule has 0 saturated carbocycles. The number of carbonyl (C=O) groups excluding carboxylic acids is 1. The molecule has 1 aliphatic rings. The fraction of sp³-hybridized carbons (Fsp3) is 0.615. The number of aliphatic carboxylic acids is 1. The van der Waals surface area contributed by atoms with Crippen molar-refractivity contribution >= 4 is 39.9 Å². The number of benzene rings is 1. The normalized spacial score (nSPS) is 15.4. The number of halogens is 3. The van der Waals surface area contributed by atoms with Gasteiger partial charge in [-0.3, -0.25) is 9.59 Å². The Morgan fingerprint density at radius 3 is 2.51 bits per heavy atom. The van der Waals surface area contributed by atoms with E-state index in [1.54, 1.807) is 20.1 Å². The van der Waals surface area contributed by atoms with Gasteiger partial charge in [-0.15, -0.1) is 0 Å². The van der Waals surface area contributed by atoms with Crippen LogP contribution >= 0.6 is 11.5 Å². The summed E-state index contributed by atoms with van der Waals surface area (Å²) in [7, 11) is 1.56. The maximum absolute atomic E-state index is 13.1. The lowest BCUT2D eigenvalue weighted by atomic mass is 9.95. The maximum Gasteiger partial charge on any atom is 0.452 e. The zero-order chi connectivity index (χ0) is 28.7. The van der Waals surface area contributed by atoms with Crippen LogP contribution in [0.25, 0.3) is 0 Å². The highest BCUT2D eigenvalue weighted by Crippen LogP contribution is 2.37. The van der Waals surface area contributed by atoms with Crippen LogP contribution in [0, 0.1) is 5.92 Å². The number of piperidine rings is 1. The second kappa shape index (κ2) is 13.4. The number of methoxy groups -OCH3 is 1. The number of aromatic nitrogens is 2. The largest absolute Gasteiger partial charge is 0.481 e. The molecule has 1 atom stereocenters.